The number of nitrogens with zero attached hydrogens (tertiary/aromatic N) is 2. The lowest BCUT2D eigenvalue weighted by molar-refractivity contribution is -0.143. The molecule has 21 heavy (non-hydrogen) atoms. The zero-order valence-corrected chi connectivity index (χ0v) is 13.1. The number of carbonyl (C=O) groups excluding carboxylic acids is 1. The Balaban J connectivity index is 1.60. The van der Waals surface area contributed by atoms with Gasteiger partial charge < -0.3 is 9.47 Å². The summed E-state index contributed by atoms with van der Waals surface area (Å²) < 4.78 is 38.1. The van der Waals surface area contributed by atoms with Gasteiger partial charge in [-0.25, -0.2) is 0 Å². The largest absolute Gasteiger partial charge is 0.469 e. The van der Waals surface area contributed by atoms with Crippen LogP contribution in [0.1, 0.15) is 19.3 Å². The normalized spacial score (nSPS) is 30.2. The van der Waals surface area contributed by atoms with Gasteiger partial charge >= 0.3 is 5.97 Å². The molecule has 120 valence electrons. The maximum Gasteiger partial charge on any atom is 0.309 e. The van der Waals surface area contributed by atoms with E-state index < -0.39 is 10.2 Å². The van der Waals surface area contributed by atoms with E-state index >= 15 is 0 Å². The van der Waals surface area contributed by atoms with Gasteiger partial charge in [0, 0.05) is 26.2 Å². The van der Waals surface area contributed by atoms with Crippen LogP contribution in [0.4, 0.5) is 0 Å². The minimum atomic E-state index is -3.38. The van der Waals surface area contributed by atoms with E-state index in [1.165, 1.54) is 11.4 Å². The van der Waals surface area contributed by atoms with Crippen molar-refractivity contribution in [2.75, 3.05) is 46.5 Å². The summed E-state index contributed by atoms with van der Waals surface area (Å²) in [5.41, 5.74) is -0.00980. The summed E-state index contributed by atoms with van der Waals surface area (Å²) in [6, 6.07) is 0. The molecular formula is C13H22N2O5S. The number of rotatable bonds is 3. The molecule has 2 saturated heterocycles. The zero-order chi connectivity index (χ0) is 15.1. The number of carbonyl (C=O) groups is 1. The molecule has 0 aromatic carbocycles. The Morgan fingerprint density at radius 2 is 1.71 bits per heavy atom. The zero-order valence-electron chi connectivity index (χ0n) is 12.3. The Morgan fingerprint density at radius 1 is 1.14 bits per heavy atom. The van der Waals surface area contributed by atoms with Gasteiger partial charge in [0.15, 0.2) is 0 Å². The molecular weight excluding hydrogens is 296 g/mol. The van der Waals surface area contributed by atoms with Gasteiger partial charge in [0.25, 0.3) is 10.2 Å². The van der Waals surface area contributed by atoms with Crippen LogP contribution in [0, 0.1) is 11.3 Å². The fourth-order valence-corrected chi connectivity index (χ4v) is 5.06. The van der Waals surface area contributed by atoms with E-state index in [2.05, 4.69) is 0 Å². The highest BCUT2D eigenvalue weighted by Gasteiger charge is 2.60. The number of esters is 1. The number of hydrogen-bond donors (Lipinski definition) is 0. The summed E-state index contributed by atoms with van der Waals surface area (Å²) in [6.07, 6.45) is 2.33. The molecule has 0 amide bonds. The number of piperidine rings is 1. The summed E-state index contributed by atoms with van der Waals surface area (Å²) in [5.74, 6) is -0.185. The Morgan fingerprint density at radius 3 is 2.29 bits per heavy atom. The van der Waals surface area contributed by atoms with Crippen molar-refractivity contribution in [3.8, 4) is 0 Å². The molecule has 1 spiro atoms. The van der Waals surface area contributed by atoms with E-state index in [1.54, 1.807) is 4.31 Å². The Kier molecular flexibility index (Phi) is 3.98. The predicted molar refractivity (Wildman–Crippen MR) is 74.7 cm³/mol. The molecule has 0 radical (unpaired) electrons. The molecule has 2 heterocycles. The molecule has 3 fully saturated rings. The molecule has 1 saturated carbocycles. The van der Waals surface area contributed by atoms with Crippen molar-refractivity contribution in [2.24, 2.45) is 11.3 Å². The lowest BCUT2D eigenvalue weighted by Gasteiger charge is -2.36. The third-order valence-electron chi connectivity index (χ3n) is 5.02. The van der Waals surface area contributed by atoms with Gasteiger partial charge in [0.2, 0.25) is 0 Å². The predicted octanol–water partition coefficient (Wildman–Crippen LogP) is -0.161. The second-order valence-electron chi connectivity index (χ2n) is 6.06. The van der Waals surface area contributed by atoms with Crippen molar-refractivity contribution in [1.29, 1.82) is 0 Å². The van der Waals surface area contributed by atoms with Crippen LogP contribution in [0.25, 0.3) is 0 Å². The van der Waals surface area contributed by atoms with Gasteiger partial charge in [0.05, 0.1) is 26.2 Å². The van der Waals surface area contributed by atoms with E-state index in [-0.39, 0.29) is 17.3 Å². The standard InChI is InChI=1S/C13H22N2O5S/c1-19-12(16)11-10-13(11)2-4-14(5-3-13)21(17,18)15-6-8-20-9-7-15/h11H,2-10H2,1H3/t11-/m1/s1. The fraction of sp³-hybridized carbons (Fsp3) is 0.923. The maximum atomic E-state index is 12.5. The average molecular weight is 318 g/mol. The smallest absolute Gasteiger partial charge is 0.309 e. The fourth-order valence-electron chi connectivity index (χ4n) is 3.48. The summed E-state index contributed by atoms with van der Waals surface area (Å²) in [6.45, 7) is 2.76. The van der Waals surface area contributed by atoms with E-state index in [1.807, 2.05) is 0 Å². The topological polar surface area (TPSA) is 76.2 Å². The third-order valence-corrected chi connectivity index (χ3v) is 7.05. The van der Waals surface area contributed by atoms with Crippen LogP contribution in [-0.4, -0.2) is 69.5 Å². The molecule has 1 atom stereocenters. The highest BCUT2D eigenvalue weighted by atomic mass is 32.2. The van der Waals surface area contributed by atoms with Crippen LogP contribution in [0.2, 0.25) is 0 Å². The Hall–Kier alpha value is -0.700. The molecule has 3 rings (SSSR count). The minimum absolute atomic E-state index is 0.00980. The van der Waals surface area contributed by atoms with Crippen LogP contribution in [0.5, 0.6) is 0 Å². The third kappa shape index (κ3) is 2.69. The van der Waals surface area contributed by atoms with Crippen molar-refractivity contribution >= 4 is 16.2 Å². The second-order valence-corrected chi connectivity index (χ2v) is 7.99. The molecule has 3 aliphatic rings. The summed E-state index contributed by atoms with van der Waals surface area (Å²) in [4.78, 5) is 11.6. The Bertz CT molecular complexity index is 507. The SMILES string of the molecule is COC(=O)[C@H]1CC12CCN(S(=O)(=O)N1CCOCC1)CC2. The second kappa shape index (κ2) is 5.49. The maximum absolute atomic E-state index is 12.5. The van der Waals surface area contributed by atoms with Crippen molar-refractivity contribution in [1.82, 2.24) is 8.61 Å². The molecule has 0 unspecified atom stereocenters. The van der Waals surface area contributed by atoms with Crippen molar-refractivity contribution in [2.45, 2.75) is 19.3 Å². The van der Waals surface area contributed by atoms with Crippen LogP contribution in [-0.2, 0) is 24.5 Å². The first kappa shape index (κ1) is 15.2. The van der Waals surface area contributed by atoms with E-state index in [4.69, 9.17) is 9.47 Å². The first-order chi connectivity index (χ1) is 9.99. The van der Waals surface area contributed by atoms with E-state index in [0.29, 0.717) is 39.4 Å². The van der Waals surface area contributed by atoms with Gasteiger partial charge in [-0.1, -0.05) is 0 Å². The summed E-state index contributed by atoms with van der Waals surface area (Å²) in [7, 11) is -1.97. The van der Waals surface area contributed by atoms with Crippen molar-refractivity contribution in [3.05, 3.63) is 0 Å². The van der Waals surface area contributed by atoms with E-state index in [0.717, 1.165) is 19.3 Å². The van der Waals surface area contributed by atoms with Crippen molar-refractivity contribution < 1.29 is 22.7 Å². The van der Waals surface area contributed by atoms with E-state index in [9.17, 15) is 13.2 Å². The number of hydrogen-bond acceptors (Lipinski definition) is 5. The van der Waals surface area contributed by atoms with Crippen LogP contribution < -0.4 is 0 Å². The highest BCUT2D eigenvalue weighted by Crippen LogP contribution is 2.60. The first-order valence-corrected chi connectivity index (χ1v) is 8.80. The molecule has 0 aromatic heterocycles. The van der Waals surface area contributed by atoms with Gasteiger partial charge in [-0.2, -0.15) is 17.0 Å². The van der Waals surface area contributed by atoms with Crippen LogP contribution >= 0.6 is 0 Å². The van der Waals surface area contributed by atoms with Gasteiger partial charge in [0.1, 0.15) is 0 Å². The molecule has 0 bridgehead atoms. The van der Waals surface area contributed by atoms with Gasteiger partial charge in [-0.3, -0.25) is 4.79 Å². The Labute approximate surface area is 125 Å². The monoisotopic (exact) mass is 318 g/mol. The molecule has 0 N–H and O–H groups in total. The molecule has 7 nitrogen and oxygen atoms in total. The minimum Gasteiger partial charge on any atom is -0.469 e. The quantitative estimate of drug-likeness (QED) is 0.676. The van der Waals surface area contributed by atoms with Crippen LogP contribution in [0.15, 0.2) is 0 Å². The number of methoxy groups -OCH3 is 1. The van der Waals surface area contributed by atoms with Gasteiger partial charge in [-0.15, -0.1) is 0 Å². The number of morpholine rings is 1. The summed E-state index contributed by atoms with van der Waals surface area (Å²) >= 11 is 0. The number of ether oxygens (including phenoxy) is 2. The van der Waals surface area contributed by atoms with Gasteiger partial charge in [-0.05, 0) is 24.7 Å². The first-order valence-electron chi connectivity index (χ1n) is 7.40. The summed E-state index contributed by atoms with van der Waals surface area (Å²) in [5, 5.41) is 0. The average Bonchev–Trinajstić information content (AvgIpc) is 3.21. The lowest BCUT2D eigenvalue weighted by Crippen LogP contribution is -2.51. The lowest BCUT2D eigenvalue weighted by atomic mass is 9.92. The molecule has 8 heteroatoms. The highest BCUT2D eigenvalue weighted by molar-refractivity contribution is 7.86. The molecule has 0 aromatic rings. The molecule has 2 aliphatic heterocycles. The van der Waals surface area contributed by atoms with Crippen molar-refractivity contribution in [3.63, 3.8) is 0 Å². The molecule has 1 aliphatic carbocycles. The van der Waals surface area contributed by atoms with Crippen LogP contribution in [0.3, 0.4) is 0 Å².